The minimum Gasteiger partial charge on any atom is -0.395 e. The second kappa shape index (κ2) is 4.38. The SMILES string of the molecule is O=C(NCCO)c1cc([N+](=O)[O-])c[nH]1. The molecule has 0 spiro atoms. The molecule has 0 aliphatic carbocycles. The van der Waals surface area contributed by atoms with Gasteiger partial charge in [-0.05, 0) is 0 Å². The minimum atomic E-state index is -0.598. The third-order valence-electron chi connectivity index (χ3n) is 1.52. The van der Waals surface area contributed by atoms with Gasteiger partial charge in [-0.2, -0.15) is 0 Å². The highest BCUT2D eigenvalue weighted by molar-refractivity contribution is 5.93. The summed E-state index contributed by atoms with van der Waals surface area (Å²) in [5.41, 5.74) is -0.0655. The van der Waals surface area contributed by atoms with E-state index < -0.39 is 10.8 Å². The summed E-state index contributed by atoms with van der Waals surface area (Å²) in [5, 5.41) is 21.0. The quantitative estimate of drug-likeness (QED) is 0.454. The molecule has 1 aromatic rings. The molecule has 0 fully saturated rings. The van der Waals surface area contributed by atoms with E-state index in [0.29, 0.717) is 0 Å². The molecule has 7 nitrogen and oxygen atoms in total. The van der Waals surface area contributed by atoms with Gasteiger partial charge < -0.3 is 15.4 Å². The van der Waals surface area contributed by atoms with Crippen LogP contribution in [0.2, 0.25) is 0 Å². The van der Waals surface area contributed by atoms with Gasteiger partial charge in [-0.15, -0.1) is 0 Å². The number of H-pyrrole nitrogens is 1. The van der Waals surface area contributed by atoms with Crippen LogP contribution in [0.5, 0.6) is 0 Å². The molecule has 1 heterocycles. The van der Waals surface area contributed by atoms with Crippen molar-refractivity contribution in [2.75, 3.05) is 13.2 Å². The molecular formula is C7H9N3O4. The molecule has 14 heavy (non-hydrogen) atoms. The highest BCUT2D eigenvalue weighted by Gasteiger charge is 2.13. The average molecular weight is 199 g/mol. The number of aromatic amines is 1. The summed E-state index contributed by atoms with van der Waals surface area (Å²) in [7, 11) is 0. The molecule has 1 amide bonds. The summed E-state index contributed by atoms with van der Waals surface area (Å²) in [6.07, 6.45) is 1.13. The van der Waals surface area contributed by atoms with Gasteiger partial charge in [-0.3, -0.25) is 14.9 Å². The van der Waals surface area contributed by atoms with Crippen molar-refractivity contribution in [3.63, 3.8) is 0 Å². The standard InChI is InChI=1S/C7H9N3O4/c11-2-1-8-7(12)6-3-5(4-9-6)10(13)14/h3-4,9,11H,1-2H2,(H,8,12). The summed E-state index contributed by atoms with van der Waals surface area (Å²) < 4.78 is 0. The molecule has 0 unspecified atom stereocenters. The summed E-state index contributed by atoms with van der Waals surface area (Å²) >= 11 is 0. The first-order valence-corrected chi connectivity index (χ1v) is 3.87. The molecule has 1 rings (SSSR count). The highest BCUT2D eigenvalue weighted by Crippen LogP contribution is 2.11. The van der Waals surface area contributed by atoms with E-state index in [4.69, 9.17) is 5.11 Å². The minimum absolute atomic E-state index is 0.102. The third kappa shape index (κ3) is 2.30. The summed E-state index contributed by atoms with van der Waals surface area (Å²) in [4.78, 5) is 23.3. The van der Waals surface area contributed by atoms with E-state index in [0.717, 1.165) is 12.3 Å². The molecule has 0 saturated carbocycles. The predicted molar refractivity (Wildman–Crippen MR) is 46.9 cm³/mol. The first kappa shape index (κ1) is 10.2. The smallest absolute Gasteiger partial charge is 0.287 e. The topological polar surface area (TPSA) is 108 Å². The number of hydrogen-bond acceptors (Lipinski definition) is 4. The van der Waals surface area contributed by atoms with Gasteiger partial charge in [0.25, 0.3) is 11.6 Å². The Morgan fingerprint density at radius 2 is 2.43 bits per heavy atom. The number of aliphatic hydroxyl groups excluding tert-OH is 1. The van der Waals surface area contributed by atoms with Crippen LogP contribution in [0.3, 0.4) is 0 Å². The van der Waals surface area contributed by atoms with Gasteiger partial charge in [0.05, 0.1) is 17.7 Å². The largest absolute Gasteiger partial charge is 0.395 e. The number of amides is 1. The zero-order chi connectivity index (χ0) is 10.6. The second-order valence-corrected chi connectivity index (χ2v) is 2.51. The normalized spacial score (nSPS) is 9.79. The first-order valence-electron chi connectivity index (χ1n) is 3.87. The van der Waals surface area contributed by atoms with Crippen LogP contribution in [0.25, 0.3) is 0 Å². The summed E-state index contributed by atoms with van der Waals surface area (Å²) in [6.45, 7) is -0.0554. The van der Waals surface area contributed by atoms with Gasteiger partial charge in [-0.1, -0.05) is 0 Å². The van der Waals surface area contributed by atoms with Crippen LogP contribution in [0, 0.1) is 10.1 Å². The number of hydrogen-bond donors (Lipinski definition) is 3. The van der Waals surface area contributed by atoms with E-state index in [2.05, 4.69) is 10.3 Å². The number of carbonyl (C=O) groups excluding carboxylic acids is 1. The lowest BCUT2D eigenvalue weighted by Crippen LogP contribution is -2.26. The van der Waals surface area contributed by atoms with E-state index in [1.165, 1.54) is 0 Å². The maximum Gasteiger partial charge on any atom is 0.287 e. The molecule has 0 radical (unpaired) electrons. The summed E-state index contributed by atoms with van der Waals surface area (Å²) in [5.74, 6) is -0.479. The van der Waals surface area contributed by atoms with Crippen molar-refractivity contribution >= 4 is 11.6 Å². The van der Waals surface area contributed by atoms with Crippen LogP contribution in [0.15, 0.2) is 12.3 Å². The monoisotopic (exact) mass is 199 g/mol. The van der Waals surface area contributed by atoms with Crippen molar-refractivity contribution in [3.05, 3.63) is 28.1 Å². The summed E-state index contributed by atoms with van der Waals surface area (Å²) in [6, 6.07) is 1.13. The van der Waals surface area contributed by atoms with Gasteiger partial charge in [0.15, 0.2) is 0 Å². The van der Waals surface area contributed by atoms with Crippen LogP contribution in [0.4, 0.5) is 5.69 Å². The number of carbonyl (C=O) groups is 1. The Kier molecular flexibility index (Phi) is 3.19. The number of nitro groups is 1. The van der Waals surface area contributed by atoms with E-state index in [-0.39, 0.29) is 24.5 Å². The molecule has 0 aromatic carbocycles. The van der Waals surface area contributed by atoms with Crippen molar-refractivity contribution in [3.8, 4) is 0 Å². The van der Waals surface area contributed by atoms with Gasteiger partial charge in [0, 0.05) is 12.6 Å². The van der Waals surface area contributed by atoms with E-state index >= 15 is 0 Å². The maximum atomic E-state index is 11.2. The predicted octanol–water partition coefficient (Wildman–Crippen LogP) is -0.355. The fraction of sp³-hybridized carbons (Fsp3) is 0.286. The van der Waals surface area contributed by atoms with Crippen LogP contribution in [0.1, 0.15) is 10.5 Å². The van der Waals surface area contributed by atoms with E-state index in [1.54, 1.807) is 0 Å². The first-order chi connectivity index (χ1) is 6.65. The van der Waals surface area contributed by atoms with Crippen molar-refractivity contribution in [2.45, 2.75) is 0 Å². The average Bonchev–Trinajstić information content (AvgIpc) is 2.62. The molecule has 0 atom stereocenters. The zero-order valence-electron chi connectivity index (χ0n) is 7.19. The lowest BCUT2D eigenvalue weighted by molar-refractivity contribution is -0.384. The Balaban J connectivity index is 2.66. The van der Waals surface area contributed by atoms with Crippen molar-refractivity contribution in [2.24, 2.45) is 0 Å². The number of aromatic nitrogens is 1. The van der Waals surface area contributed by atoms with Crippen molar-refractivity contribution in [1.29, 1.82) is 0 Å². The molecule has 3 N–H and O–H groups in total. The molecule has 76 valence electrons. The van der Waals surface area contributed by atoms with Gasteiger partial charge in [0.1, 0.15) is 5.69 Å². The highest BCUT2D eigenvalue weighted by atomic mass is 16.6. The molecular weight excluding hydrogens is 190 g/mol. The Labute approximate surface area is 78.9 Å². The fourth-order valence-electron chi connectivity index (χ4n) is 0.884. The number of nitrogens with zero attached hydrogens (tertiary/aromatic N) is 1. The Morgan fingerprint density at radius 1 is 1.71 bits per heavy atom. The molecule has 0 bridgehead atoms. The van der Waals surface area contributed by atoms with Crippen LogP contribution in [-0.2, 0) is 0 Å². The molecule has 0 saturated heterocycles. The van der Waals surface area contributed by atoms with Crippen LogP contribution in [-0.4, -0.2) is 34.1 Å². The Morgan fingerprint density at radius 3 is 2.93 bits per heavy atom. The number of nitrogens with one attached hydrogen (secondary N) is 2. The molecule has 0 aliphatic rings. The van der Waals surface area contributed by atoms with Crippen molar-refractivity contribution < 1.29 is 14.8 Å². The third-order valence-corrected chi connectivity index (χ3v) is 1.52. The van der Waals surface area contributed by atoms with Crippen LogP contribution >= 0.6 is 0 Å². The molecule has 0 aliphatic heterocycles. The maximum absolute atomic E-state index is 11.2. The lowest BCUT2D eigenvalue weighted by atomic mass is 10.4. The van der Waals surface area contributed by atoms with E-state index in [1.807, 2.05) is 0 Å². The molecule has 7 heteroatoms. The zero-order valence-corrected chi connectivity index (χ0v) is 7.19. The van der Waals surface area contributed by atoms with E-state index in [9.17, 15) is 14.9 Å². The second-order valence-electron chi connectivity index (χ2n) is 2.51. The fourth-order valence-corrected chi connectivity index (χ4v) is 0.884. The number of aliphatic hydroxyl groups is 1. The Bertz CT molecular complexity index is 346. The molecule has 1 aromatic heterocycles. The van der Waals surface area contributed by atoms with Gasteiger partial charge in [0.2, 0.25) is 0 Å². The number of rotatable bonds is 4. The van der Waals surface area contributed by atoms with Gasteiger partial charge in [-0.25, -0.2) is 0 Å². The van der Waals surface area contributed by atoms with Gasteiger partial charge >= 0.3 is 0 Å². The van der Waals surface area contributed by atoms with Crippen molar-refractivity contribution in [1.82, 2.24) is 10.3 Å². The van der Waals surface area contributed by atoms with Crippen LogP contribution < -0.4 is 5.32 Å². The Hall–Kier alpha value is -1.89. The lowest BCUT2D eigenvalue weighted by Gasteiger charge is -1.98.